The quantitative estimate of drug-likeness (QED) is 0.840. The number of hydrogen-bond acceptors (Lipinski definition) is 4. The lowest BCUT2D eigenvalue weighted by Gasteiger charge is -2.43. The number of halogens is 1. The third-order valence-corrected chi connectivity index (χ3v) is 4.28. The van der Waals surface area contributed by atoms with Crippen molar-refractivity contribution in [2.45, 2.75) is 19.1 Å². The van der Waals surface area contributed by atoms with E-state index in [2.05, 4.69) is 10.2 Å². The number of nitrogens with zero attached hydrogens (tertiary/aromatic N) is 2. The molecule has 2 aliphatic heterocycles. The molecule has 0 saturated carbocycles. The lowest BCUT2D eigenvalue weighted by molar-refractivity contribution is -0.0720. The fourth-order valence-electron chi connectivity index (χ4n) is 3.07. The van der Waals surface area contributed by atoms with E-state index in [0.29, 0.717) is 18.2 Å². The Bertz CT molecular complexity index is 555. The van der Waals surface area contributed by atoms with E-state index in [9.17, 15) is 4.39 Å². The molecule has 0 aliphatic carbocycles. The predicted octanol–water partition coefficient (Wildman–Crippen LogP) is 1.35. The third kappa shape index (κ3) is 2.31. The number of benzene rings is 1. The minimum absolute atomic E-state index is 0.0722. The highest BCUT2D eigenvalue weighted by atomic mass is 19.1. The van der Waals surface area contributed by atoms with Crippen LogP contribution in [0.3, 0.4) is 0 Å². The molecular formula is C15H18FN3O. The molecule has 5 heteroatoms. The molecule has 0 amide bonds. The van der Waals surface area contributed by atoms with E-state index < -0.39 is 5.82 Å². The summed E-state index contributed by atoms with van der Waals surface area (Å²) in [6.07, 6.45) is -0.0722. The van der Waals surface area contributed by atoms with Crippen LogP contribution in [0.4, 0.5) is 4.39 Å². The van der Waals surface area contributed by atoms with Gasteiger partial charge in [0, 0.05) is 32.2 Å². The first-order chi connectivity index (χ1) is 9.70. The second-order valence-corrected chi connectivity index (χ2v) is 5.42. The van der Waals surface area contributed by atoms with Crippen LogP contribution >= 0.6 is 0 Å². The smallest absolute Gasteiger partial charge is 0.141 e. The molecule has 4 nitrogen and oxygen atoms in total. The molecule has 2 atom stereocenters. The zero-order valence-electron chi connectivity index (χ0n) is 11.5. The predicted molar refractivity (Wildman–Crippen MR) is 72.8 cm³/mol. The normalized spacial score (nSPS) is 26.9. The van der Waals surface area contributed by atoms with Crippen LogP contribution in [0.2, 0.25) is 0 Å². The van der Waals surface area contributed by atoms with Crippen molar-refractivity contribution >= 4 is 0 Å². The first-order valence-corrected chi connectivity index (χ1v) is 6.96. The minimum Gasteiger partial charge on any atom is -0.370 e. The van der Waals surface area contributed by atoms with Gasteiger partial charge in [0.25, 0.3) is 0 Å². The third-order valence-electron chi connectivity index (χ3n) is 4.28. The zero-order chi connectivity index (χ0) is 14.1. The average Bonchev–Trinajstić information content (AvgIpc) is 2.47. The number of piperazine rings is 1. The van der Waals surface area contributed by atoms with Crippen LogP contribution in [-0.4, -0.2) is 43.7 Å². The number of fused-ring (bicyclic) bond motifs is 1. The monoisotopic (exact) mass is 275 g/mol. The summed E-state index contributed by atoms with van der Waals surface area (Å²) in [6, 6.07) is 5.49. The molecule has 2 fully saturated rings. The highest BCUT2D eigenvalue weighted by Crippen LogP contribution is 2.29. The standard InChI is InChI=1S/C15H18FN3O/c1-10-12(2-3-14(16)13(10)6-17)15-8-19-5-4-18-7-11(19)9-20-15/h2-3,11,15,18H,4-5,7-9H2,1H3/t11-,15?/m0/s1. The van der Waals surface area contributed by atoms with E-state index in [4.69, 9.17) is 10.00 Å². The van der Waals surface area contributed by atoms with Crippen LogP contribution in [0.15, 0.2) is 12.1 Å². The minimum atomic E-state index is -0.454. The Morgan fingerprint density at radius 2 is 2.35 bits per heavy atom. The maximum absolute atomic E-state index is 13.6. The summed E-state index contributed by atoms with van der Waals surface area (Å²) >= 11 is 0. The van der Waals surface area contributed by atoms with Crippen LogP contribution in [0.25, 0.3) is 0 Å². The average molecular weight is 275 g/mol. The van der Waals surface area contributed by atoms with Crippen molar-refractivity contribution in [2.24, 2.45) is 0 Å². The van der Waals surface area contributed by atoms with Gasteiger partial charge in [-0.2, -0.15) is 5.26 Å². The summed E-state index contributed by atoms with van der Waals surface area (Å²) in [7, 11) is 0. The van der Waals surface area contributed by atoms with Crippen molar-refractivity contribution in [2.75, 3.05) is 32.8 Å². The topological polar surface area (TPSA) is 48.3 Å². The van der Waals surface area contributed by atoms with Gasteiger partial charge in [0.1, 0.15) is 11.9 Å². The van der Waals surface area contributed by atoms with Crippen molar-refractivity contribution in [3.8, 4) is 6.07 Å². The summed E-state index contributed by atoms with van der Waals surface area (Å²) in [5, 5.41) is 12.4. The van der Waals surface area contributed by atoms with Gasteiger partial charge < -0.3 is 10.1 Å². The highest BCUT2D eigenvalue weighted by molar-refractivity contribution is 5.44. The van der Waals surface area contributed by atoms with Gasteiger partial charge in [0.05, 0.1) is 18.3 Å². The first-order valence-electron chi connectivity index (χ1n) is 6.96. The Morgan fingerprint density at radius 1 is 1.50 bits per heavy atom. The molecule has 0 aromatic heterocycles. The molecule has 1 N–H and O–H groups in total. The number of morpholine rings is 1. The van der Waals surface area contributed by atoms with Crippen LogP contribution in [-0.2, 0) is 4.74 Å². The molecule has 1 aromatic carbocycles. The van der Waals surface area contributed by atoms with Gasteiger partial charge in [-0.25, -0.2) is 4.39 Å². The number of nitrogens with one attached hydrogen (secondary N) is 1. The Labute approximate surface area is 118 Å². The SMILES string of the molecule is Cc1c(C2CN3CCNC[C@H]3CO2)ccc(F)c1C#N. The zero-order valence-corrected chi connectivity index (χ0v) is 11.5. The summed E-state index contributed by atoms with van der Waals surface area (Å²) in [5.74, 6) is -0.454. The van der Waals surface area contributed by atoms with E-state index in [1.807, 2.05) is 6.07 Å². The fourth-order valence-corrected chi connectivity index (χ4v) is 3.07. The van der Waals surface area contributed by atoms with E-state index in [1.165, 1.54) is 6.07 Å². The molecule has 2 aliphatic rings. The number of ether oxygens (including phenoxy) is 1. The maximum atomic E-state index is 13.6. The van der Waals surface area contributed by atoms with E-state index in [0.717, 1.165) is 31.7 Å². The highest BCUT2D eigenvalue weighted by Gasteiger charge is 2.32. The molecule has 106 valence electrons. The summed E-state index contributed by atoms with van der Waals surface area (Å²) < 4.78 is 19.5. The Kier molecular flexibility index (Phi) is 3.70. The Morgan fingerprint density at radius 3 is 3.15 bits per heavy atom. The molecule has 1 aromatic rings. The van der Waals surface area contributed by atoms with Crippen molar-refractivity contribution in [1.29, 1.82) is 5.26 Å². The van der Waals surface area contributed by atoms with E-state index in [1.54, 1.807) is 13.0 Å². The van der Waals surface area contributed by atoms with Gasteiger partial charge in [-0.05, 0) is 24.1 Å². The van der Waals surface area contributed by atoms with Gasteiger partial charge in [0.2, 0.25) is 0 Å². The van der Waals surface area contributed by atoms with E-state index >= 15 is 0 Å². The molecule has 3 rings (SSSR count). The van der Waals surface area contributed by atoms with Gasteiger partial charge in [-0.3, -0.25) is 4.90 Å². The fraction of sp³-hybridized carbons (Fsp3) is 0.533. The number of rotatable bonds is 1. The molecule has 0 bridgehead atoms. The first kappa shape index (κ1) is 13.5. The van der Waals surface area contributed by atoms with Crippen LogP contribution < -0.4 is 5.32 Å². The molecule has 0 spiro atoms. The summed E-state index contributed by atoms with van der Waals surface area (Å²) in [6.45, 7) is 6.24. The van der Waals surface area contributed by atoms with Gasteiger partial charge in [0.15, 0.2) is 0 Å². The van der Waals surface area contributed by atoms with Gasteiger partial charge in [-0.1, -0.05) is 6.07 Å². The van der Waals surface area contributed by atoms with E-state index in [-0.39, 0.29) is 11.7 Å². The lowest BCUT2D eigenvalue weighted by atomic mass is 9.96. The lowest BCUT2D eigenvalue weighted by Crippen LogP contribution is -2.57. The molecule has 2 heterocycles. The number of hydrogen-bond donors (Lipinski definition) is 1. The Balaban J connectivity index is 1.85. The molecule has 1 unspecified atom stereocenters. The van der Waals surface area contributed by atoms with Crippen molar-refractivity contribution < 1.29 is 9.13 Å². The van der Waals surface area contributed by atoms with Crippen molar-refractivity contribution in [3.05, 3.63) is 34.6 Å². The van der Waals surface area contributed by atoms with Gasteiger partial charge in [-0.15, -0.1) is 0 Å². The van der Waals surface area contributed by atoms with Crippen molar-refractivity contribution in [3.63, 3.8) is 0 Å². The van der Waals surface area contributed by atoms with Crippen molar-refractivity contribution in [1.82, 2.24) is 10.2 Å². The molecule has 20 heavy (non-hydrogen) atoms. The molecule has 2 saturated heterocycles. The second-order valence-electron chi connectivity index (χ2n) is 5.42. The van der Waals surface area contributed by atoms with Crippen LogP contribution in [0, 0.1) is 24.1 Å². The molecular weight excluding hydrogens is 257 g/mol. The van der Waals surface area contributed by atoms with Gasteiger partial charge >= 0.3 is 0 Å². The summed E-state index contributed by atoms with van der Waals surface area (Å²) in [5.41, 5.74) is 1.76. The Hall–Kier alpha value is -1.48. The summed E-state index contributed by atoms with van der Waals surface area (Å²) in [4.78, 5) is 2.42. The maximum Gasteiger partial charge on any atom is 0.141 e. The van der Waals surface area contributed by atoms with Crippen LogP contribution in [0.1, 0.15) is 22.8 Å². The largest absolute Gasteiger partial charge is 0.370 e. The number of nitriles is 1. The van der Waals surface area contributed by atoms with Crippen LogP contribution in [0.5, 0.6) is 0 Å². The molecule has 0 radical (unpaired) electrons. The second kappa shape index (κ2) is 5.49.